The summed E-state index contributed by atoms with van der Waals surface area (Å²) in [7, 11) is 0. The second kappa shape index (κ2) is 2.70. The quantitative estimate of drug-likeness (QED) is 0.681. The van der Waals surface area contributed by atoms with E-state index >= 15 is 0 Å². The highest BCUT2D eigenvalue weighted by molar-refractivity contribution is 5.48. The van der Waals surface area contributed by atoms with E-state index in [1.807, 2.05) is 6.92 Å². The first-order valence-electron chi connectivity index (χ1n) is 4.57. The third-order valence-corrected chi connectivity index (χ3v) is 3.09. The molecule has 3 N–H and O–H groups in total. The largest absolute Gasteiger partial charge is 0.398 e. The highest BCUT2D eigenvalue weighted by atomic mass is 16.3. The van der Waals surface area contributed by atoms with Gasteiger partial charge in [0.1, 0.15) is 0 Å². The molecule has 1 aliphatic carbocycles. The fraction of sp³-hybridized carbons (Fsp3) is 0.500. The summed E-state index contributed by atoms with van der Waals surface area (Å²) >= 11 is 0. The van der Waals surface area contributed by atoms with Crippen LogP contribution in [0, 0.1) is 5.92 Å². The summed E-state index contributed by atoms with van der Waals surface area (Å²) in [5, 5.41) is 10.2. The number of aromatic nitrogens is 1. The summed E-state index contributed by atoms with van der Waals surface area (Å²) in [4.78, 5) is 3.99. The first kappa shape index (κ1) is 8.51. The Balaban J connectivity index is 2.40. The van der Waals surface area contributed by atoms with Gasteiger partial charge in [-0.25, -0.2) is 0 Å². The van der Waals surface area contributed by atoms with Crippen LogP contribution in [0.4, 0.5) is 5.69 Å². The van der Waals surface area contributed by atoms with Gasteiger partial charge in [-0.15, -0.1) is 0 Å². The van der Waals surface area contributed by atoms with Crippen molar-refractivity contribution in [2.24, 2.45) is 5.92 Å². The predicted octanol–water partition coefficient (Wildman–Crippen LogP) is 1.28. The number of hydrogen-bond acceptors (Lipinski definition) is 3. The maximum absolute atomic E-state index is 10.2. The lowest BCUT2D eigenvalue weighted by atomic mass is 9.67. The van der Waals surface area contributed by atoms with E-state index in [4.69, 9.17) is 5.73 Å². The highest BCUT2D eigenvalue weighted by Crippen LogP contribution is 2.47. The van der Waals surface area contributed by atoms with E-state index in [-0.39, 0.29) is 0 Å². The summed E-state index contributed by atoms with van der Waals surface area (Å²) in [6, 6.07) is 1.73. The van der Waals surface area contributed by atoms with Gasteiger partial charge in [0.2, 0.25) is 0 Å². The summed E-state index contributed by atoms with van der Waals surface area (Å²) < 4.78 is 0. The average Bonchev–Trinajstić information content (AvgIpc) is 2.15. The van der Waals surface area contributed by atoms with Crippen molar-refractivity contribution < 1.29 is 5.11 Å². The van der Waals surface area contributed by atoms with Crippen LogP contribution >= 0.6 is 0 Å². The van der Waals surface area contributed by atoms with Crippen molar-refractivity contribution in [3.63, 3.8) is 0 Å². The minimum atomic E-state index is -0.724. The van der Waals surface area contributed by atoms with Crippen molar-refractivity contribution in [3.05, 3.63) is 24.0 Å². The van der Waals surface area contributed by atoms with E-state index in [0.29, 0.717) is 11.6 Å². The molecule has 3 heteroatoms. The molecule has 2 unspecified atom stereocenters. The van der Waals surface area contributed by atoms with Gasteiger partial charge in [-0.3, -0.25) is 4.98 Å². The predicted molar refractivity (Wildman–Crippen MR) is 50.9 cm³/mol. The molecule has 1 aliphatic rings. The minimum Gasteiger partial charge on any atom is -0.398 e. The summed E-state index contributed by atoms with van der Waals surface area (Å²) in [6.07, 6.45) is 5.17. The summed E-state index contributed by atoms with van der Waals surface area (Å²) in [5.41, 5.74) is 6.48. The van der Waals surface area contributed by atoms with Crippen LogP contribution in [0.5, 0.6) is 0 Å². The van der Waals surface area contributed by atoms with Gasteiger partial charge in [-0.2, -0.15) is 0 Å². The Morgan fingerprint density at radius 2 is 2.46 bits per heavy atom. The number of nitrogens with two attached hydrogens (primary N) is 1. The topological polar surface area (TPSA) is 59.1 Å². The minimum absolute atomic E-state index is 0.291. The molecular weight excluding hydrogens is 164 g/mol. The zero-order valence-corrected chi connectivity index (χ0v) is 7.70. The molecule has 2 atom stereocenters. The van der Waals surface area contributed by atoms with Crippen LogP contribution in [0.3, 0.4) is 0 Å². The third kappa shape index (κ3) is 1.11. The van der Waals surface area contributed by atoms with Crippen molar-refractivity contribution in [1.82, 2.24) is 4.98 Å². The number of aliphatic hydroxyl groups is 1. The van der Waals surface area contributed by atoms with Crippen LogP contribution in [0.2, 0.25) is 0 Å². The molecule has 2 rings (SSSR count). The molecule has 1 aromatic heterocycles. The fourth-order valence-electron chi connectivity index (χ4n) is 1.87. The van der Waals surface area contributed by atoms with E-state index in [0.717, 1.165) is 18.4 Å². The molecule has 1 saturated carbocycles. The molecule has 1 heterocycles. The van der Waals surface area contributed by atoms with Crippen LogP contribution in [0.1, 0.15) is 25.3 Å². The second-order valence-corrected chi connectivity index (χ2v) is 3.83. The van der Waals surface area contributed by atoms with Crippen LogP contribution in [-0.4, -0.2) is 10.1 Å². The first-order valence-corrected chi connectivity index (χ1v) is 4.57. The van der Waals surface area contributed by atoms with Crippen molar-refractivity contribution >= 4 is 5.69 Å². The van der Waals surface area contributed by atoms with Crippen molar-refractivity contribution in [1.29, 1.82) is 0 Å². The van der Waals surface area contributed by atoms with E-state index < -0.39 is 5.60 Å². The van der Waals surface area contributed by atoms with E-state index in [1.54, 1.807) is 18.5 Å². The standard InChI is InChI=1S/C10H14N2O/c1-7-2-4-10(7,13)8-6-12-5-3-9(8)11/h3,5-7,13H,2,4H2,1H3,(H2,11,12). The molecule has 0 saturated heterocycles. The van der Waals surface area contributed by atoms with Gasteiger partial charge in [0.05, 0.1) is 5.60 Å². The van der Waals surface area contributed by atoms with Gasteiger partial charge in [0.25, 0.3) is 0 Å². The lowest BCUT2D eigenvalue weighted by Crippen LogP contribution is -2.43. The lowest BCUT2D eigenvalue weighted by molar-refractivity contribution is -0.0926. The number of hydrogen-bond donors (Lipinski definition) is 2. The number of nitrogen functional groups attached to an aromatic ring is 1. The molecular formula is C10H14N2O. The lowest BCUT2D eigenvalue weighted by Gasteiger charge is -2.44. The second-order valence-electron chi connectivity index (χ2n) is 3.83. The van der Waals surface area contributed by atoms with E-state index in [2.05, 4.69) is 4.98 Å². The first-order chi connectivity index (χ1) is 6.14. The van der Waals surface area contributed by atoms with Gasteiger partial charge >= 0.3 is 0 Å². The molecule has 0 aromatic carbocycles. The molecule has 0 amide bonds. The Kier molecular flexibility index (Phi) is 1.77. The maximum atomic E-state index is 10.2. The van der Waals surface area contributed by atoms with Gasteiger partial charge in [0.15, 0.2) is 0 Å². The molecule has 0 bridgehead atoms. The van der Waals surface area contributed by atoms with E-state index in [1.165, 1.54) is 0 Å². The zero-order chi connectivity index (χ0) is 9.47. The average molecular weight is 178 g/mol. The molecule has 70 valence electrons. The number of pyridine rings is 1. The summed E-state index contributed by atoms with van der Waals surface area (Å²) in [5.74, 6) is 0.291. The Morgan fingerprint density at radius 3 is 2.92 bits per heavy atom. The molecule has 1 fully saturated rings. The van der Waals surface area contributed by atoms with Gasteiger partial charge in [-0.1, -0.05) is 6.92 Å². The van der Waals surface area contributed by atoms with Gasteiger partial charge in [0, 0.05) is 23.6 Å². The SMILES string of the molecule is CC1CCC1(O)c1cnccc1N. The van der Waals surface area contributed by atoms with Crippen molar-refractivity contribution in [2.45, 2.75) is 25.4 Å². The van der Waals surface area contributed by atoms with Crippen LogP contribution in [0.15, 0.2) is 18.5 Å². The van der Waals surface area contributed by atoms with Crippen LogP contribution in [-0.2, 0) is 5.60 Å². The fourth-order valence-corrected chi connectivity index (χ4v) is 1.87. The van der Waals surface area contributed by atoms with Crippen LogP contribution in [0.25, 0.3) is 0 Å². The van der Waals surface area contributed by atoms with Gasteiger partial charge in [-0.05, 0) is 24.8 Å². The monoisotopic (exact) mass is 178 g/mol. The Morgan fingerprint density at radius 1 is 1.69 bits per heavy atom. The normalized spacial score (nSPS) is 32.6. The molecule has 0 aliphatic heterocycles. The summed E-state index contributed by atoms with van der Waals surface area (Å²) in [6.45, 7) is 2.04. The number of rotatable bonds is 1. The molecule has 0 spiro atoms. The Hall–Kier alpha value is -1.09. The molecule has 3 nitrogen and oxygen atoms in total. The Labute approximate surface area is 77.6 Å². The van der Waals surface area contributed by atoms with Crippen LogP contribution < -0.4 is 5.73 Å². The van der Waals surface area contributed by atoms with Crippen molar-refractivity contribution in [2.75, 3.05) is 5.73 Å². The third-order valence-electron chi connectivity index (χ3n) is 3.09. The van der Waals surface area contributed by atoms with E-state index in [9.17, 15) is 5.11 Å². The maximum Gasteiger partial charge on any atom is 0.0956 e. The van der Waals surface area contributed by atoms with Gasteiger partial charge < -0.3 is 10.8 Å². The highest BCUT2D eigenvalue weighted by Gasteiger charge is 2.44. The molecule has 1 aromatic rings. The zero-order valence-electron chi connectivity index (χ0n) is 7.70. The Bertz CT molecular complexity index is 326. The molecule has 13 heavy (non-hydrogen) atoms. The molecule has 0 radical (unpaired) electrons. The smallest absolute Gasteiger partial charge is 0.0956 e. The van der Waals surface area contributed by atoms with Crippen molar-refractivity contribution in [3.8, 4) is 0 Å². The number of anilines is 1. The number of nitrogens with zero attached hydrogens (tertiary/aromatic N) is 1.